The number of anilines is 1. The zero-order valence-corrected chi connectivity index (χ0v) is 12.1. The molecule has 1 saturated carbocycles. The maximum atomic E-state index is 6.31. The highest BCUT2D eigenvalue weighted by Gasteiger charge is 2.38. The average molecular weight is 258 g/mol. The summed E-state index contributed by atoms with van der Waals surface area (Å²) in [6, 6.07) is 9.55. The van der Waals surface area contributed by atoms with E-state index in [4.69, 9.17) is 5.73 Å². The van der Waals surface area contributed by atoms with Crippen molar-refractivity contribution in [3.63, 3.8) is 0 Å². The summed E-state index contributed by atoms with van der Waals surface area (Å²) >= 11 is 0. The third-order valence-electron chi connectivity index (χ3n) is 5.28. The van der Waals surface area contributed by atoms with E-state index in [0.717, 1.165) is 0 Å². The van der Waals surface area contributed by atoms with Crippen molar-refractivity contribution in [1.82, 2.24) is 0 Å². The highest BCUT2D eigenvalue weighted by Crippen LogP contribution is 2.43. The molecular weight excluding hydrogens is 232 g/mol. The number of hydrogen-bond donors (Lipinski definition) is 1. The van der Waals surface area contributed by atoms with Crippen LogP contribution in [-0.2, 0) is 5.41 Å². The number of rotatable bonds is 3. The van der Waals surface area contributed by atoms with Gasteiger partial charge in [0.2, 0.25) is 0 Å². The molecule has 1 saturated heterocycles. The fourth-order valence-corrected chi connectivity index (χ4v) is 3.99. The second-order valence-electron chi connectivity index (χ2n) is 6.39. The predicted octanol–water partition coefficient (Wildman–Crippen LogP) is 3.45. The van der Waals surface area contributed by atoms with Crippen LogP contribution in [0.15, 0.2) is 24.3 Å². The summed E-state index contributed by atoms with van der Waals surface area (Å²) in [6.07, 6.45) is 7.85. The van der Waals surface area contributed by atoms with Crippen LogP contribution < -0.4 is 10.6 Å². The summed E-state index contributed by atoms with van der Waals surface area (Å²) < 4.78 is 0. The Bertz CT molecular complexity index is 409. The topological polar surface area (TPSA) is 29.3 Å². The summed E-state index contributed by atoms with van der Waals surface area (Å²) in [5.41, 5.74) is 9.40. The normalized spacial score (nSPS) is 23.8. The van der Waals surface area contributed by atoms with E-state index in [1.807, 2.05) is 0 Å². The Labute approximate surface area is 117 Å². The van der Waals surface area contributed by atoms with Crippen molar-refractivity contribution in [3.05, 3.63) is 29.8 Å². The second kappa shape index (κ2) is 5.16. The van der Waals surface area contributed by atoms with Gasteiger partial charge in [-0.25, -0.2) is 0 Å². The van der Waals surface area contributed by atoms with Gasteiger partial charge in [0.1, 0.15) is 0 Å². The molecule has 3 rings (SSSR count). The van der Waals surface area contributed by atoms with Crippen molar-refractivity contribution < 1.29 is 0 Å². The Hall–Kier alpha value is -1.02. The molecule has 1 atom stereocenters. The largest absolute Gasteiger partial charge is 0.372 e. The van der Waals surface area contributed by atoms with E-state index in [2.05, 4.69) is 36.1 Å². The van der Waals surface area contributed by atoms with Crippen LogP contribution in [0.4, 0.5) is 5.69 Å². The van der Waals surface area contributed by atoms with Gasteiger partial charge in [-0.3, -0.25) is 0 Å². The van der Waals surface area contributed by atoms with Gasteiger partial charge in [-0.1, -0.05) is 25.0 Å². The van der Waals surface area contributed by atoms with Gasteiger partial charge < -0.3 is 10.6 Å². The Morgan fingerprint density at radius 1 is 1.00 bits per heavy atom. The summed E-state index contributed by atoms with van der Waals surface area (Å²) in [6.45, 7) is 4.62. The number of nitrogens with zero attached hydrogens (tertiary/aromatic N) is 1. The molecule has 0 aromatic heterocycles. The van der Waals surface area contributed by atoms with Crippen molar-refractivity contribution in [1.29, 1.82) is 0 Å². The lowest BCUT2D eigenvalue weighted by atomic mass is 9.73. The average Bonchev–Trinajstić information content (AvgIpc) is 3.11. The van der Waals surface area contributed by atoms with Gasteiger partial charge in [-0.15, -0.1) is 0 Å². The molecule has 2 fully saturated rings. The molecule has 19 heavy (non-hydrogen) atoms. The van der Waals surface area contributed by atoms with Crippen molar-refractivity contribution in [2.45, 2.75) is 56.9 Å². The van der Waals surface area contributed by atoms with Gasteiger partial charge in [-0.2, -0.15) is 0 Å². The van der Waals surface area contributed by atoms with Crippen LogP contribution in [0.2, 0.25) is 0 Å². The first-order valence-corrected chi connectivity index (χ1v) is 7.83. The third-order valence-corrected chi connectivity index (χ3v) is 5.28. The van der Waals surface area contributed by atoms with Gasteiger partial charge in [0.15, 0.2) is 0 Å². The predicted molar refractivity (Wildman–Crippen MR) is 81.7 cm³/mol. The molecule has 1 aromatic carbocycles. The maximum absolute atomic E-state index is 6.31. The molecule has 104 valence electrons. The van der Waals surface area contributed by atoms with Gasteiger partial charge in [-0.05, 0) is 50.3 Å². The molecule has 2 N–H and O–H groups in total. The van der Waals surface area contributed by atoms with Crippen molar-refractivity contribution in [3.8, 4) is 0 Å². The molecule has 2 heteroatoms. The molecule has 0 bridgehead atoms. The molecule has 0 radical (unpaired) electrons. The van der Waals surface area contributed by atoms with Gasteiger partial charge in [0, 0.05) is 30.2 Å². The van der Waals surface area contributed by atoms with Crippen molar-refractivity contribution >= 4 is 5.69 Å². The molecule has 2 aliphatic rings. The monoisotopic (exact) mass is 258 g/mol. The lowest BCUT2D eigenvalue weighted by molar-refractivity contribution is 0.368. The zero-order chi connectivity index (χ0) is 13.3. The standard InChI is InChI=1S/C17H26N2/c1-14(18)17(10-2-3-11-17)15-6-8-16(9-7-15)19-12-4-5-13-19/h6-9,14H,2-5,10-13,18H2,1H3. The first-order chi connectivity index (χ1) is 9.22. The van der Waals surface area contributed by atoms with E-state index >= 15 is 0 Å². The minimum atomic E-state index is 0.240. The quantitative estimate of drug-likeness (QED) is 0.900. The van der Waals surface area contributed by atoms with Crippen LogP contribution in [0.1, 0.15) is 51.0 Å². The highest BCUT2D eigenvalue weighted by molar-refractivity contribution is 5.49. The molecule has 1 unspecified atom stereocenters. The molecule has 0 amide bonds. The van der Waals surface area contributed by atoms with Crippen molar-refractivity contribution in [2.24, 2.45) is 5.73 Å². The second-order valence-corrected chi connectivity index (χ2v) is 6.39. The van der Waals surface area contributed by atoms with Crippen molar-refractivity contribution in [2.75, 3.05) is 18.0 Å². The van der Waals surface area contributed by atoms with Crippen LogP contribution in [-0.4, -0.2) is 19.1 Å². The molecular formula is C17H26N2. The van der Waals surface area contributed by atoms with Crippen LogP contribution in [0, 0.1) is 0 Å². The summed E-state index contributed by atoms with van der Waals surface area (Å²) in [5.74, 6) is 0. The zero-order valence-electron chi connectivity index (χ0n) is 12.1. The number of benzene rings is 1. The lowest BCUT2D eigenvalue weighted by Crippen LogP contribution is -2.41. The van der Waals surface area contributed by atoms with E-state index < -0.39 is 0 Å². The molecule has 1 aliphatic heterocycles. The van der Waals surface area contributed by atoms with E-state index in [0.29, 0.717) is 0 Å². The fourth-order valence-electron chi connectivity index (χ4n) is 3.99. The smallest absolute Gasteiger partial charge is 0.0366 e. The molecule has 1 heterocycles. The first kappa shape index (κ1) is 13.0. The van der Waals surface area contributed by atoms with E-state index in [1.165, 1.54) is 62.9 Å². The highest BCUT2D eigenvalue weighted by atomic mass is 15.1. The van der Waals surface area contributed by atoms with E-state index in [9.17, 15) is 0 Å². The van der Waals surface area contributed by atoms with Crippen LogP contribution in [0.3, 0.4) is 0 Å². The van der Waals surface area contributed by atoms with Crippen LogP contribution in [0.25, 0.3) is 0 Å². The SMILES string of the molecule is CC(N)C1(c2ccc(N3CCCC3)cc2)CCCC1. The summed E-state index contributed by atoms with van der Waals surface area (Å²) in [4.78, 5) is 2.50. The lowest BCUT2D eigenvalue weighted by Gasteiger charge is -2.34. The maximum Gasteiger partial charge on any atom is 0.0366 e. The molecule has 1 aliphatic carbocycles. The minimum absolute atomic E-state index is 0.240. The van der Waals surface area contributed by atoms with E-state index in [-0.39, 0.29) is 11.5 Å². The summed E-state index contributed by atoms with van der Waals surface area (Å²) in [5, 5.41) is 0. The fraction of sp³-hybridized carbons (Fsp3) is 0.647. The molecule has 1 aromatic rings. The number of nitrogens with two attached hydrogens (primary N) is 1. The van der Waals surface area contributed by atoms with Gasteiger partial charge in [0.25, 0.3) is 0 Å². The molecule has 0 spiro atoms. The Morgan fingerprint density at radius 2 is 1.58 bits per heavy atom. The van der Waals surface area contributed by atoms with E-state index in [1.54, 1.807) is 0 Å². The third kappa shape index (κ3) is 2.27. The van der Waals surface area contributed by atoms with Gasteiger partial charge in [0.05, 0.1) is 0 Å². The number of hydrogen-bond acceptors (Lipinski definition) is 2. The summed E-state index contributed by atoms with van der Waals surface area (Å²) in [7, 11) is 0. The van der Waals surface area contributed by atoms with Crippen LogP contribution >= 0.6 is 0 Å². The Balaban J connectivity index is 1.84. The minimum Gasteiger partial charge on any atom is -0.372 e. The Morgan fingerprint density at radius 3 is 2.11 bits per heavy atom. The Kier molecular flexibility index (Phi) is 3.53. The van der Waals surface area contributed by atoms with Gasteiger partial charge >= 0.3 is 0 Å². The molecule has 2 nitrogen and oxygen atoms in total. The first-order valence-electron chi connectivity index (χ1n) is 7.83. The van der Waals surface area contributed by atoms with Crippen LogP contribution in [0.5, 0.6) is 0 Å².